The Labute approximate surface area is 114 Å². The fourth-order valence-corrected chi connectivity index (χ4v) is 2.00. The van der Waals surface area contributed by atoms with E-state index in [1.807, 2.05) is 6.07 Å². The van der Waals surface area contributed by atoms with Crippen LogP contribution < -0.4 is 10.6 Å². The lowest BCUT2D eigenvalue weighted by molar-refractivity contribution is 0.118. The first kappa shape index (κ1) is 16.4. The van der Waals surface area contributed by atoms with Crippen LogP contribution in [-0.4, -0.2) is 42.3 Å². The third-order valence-electron chi connectivity index (χ3n) is 2.84. The molecule has 0 amide bonds. The van der Waals surface area contributed by atoms with Gasteiger partial charge in [-0.15, -0.1) is 24.8 Å². The largest absolute Gasteiger partial charge is 0.380 e. The molecule has 98 valence electrons. The minimum Gasteiger partial charge on any atom is -0.380 e. The number of nitrogens with zero attached hydrogens (tertiary/aromatic N) is 3. The van der Waals surface area contributed by atoms with Crippen LogP contribution in [0.15, 0.2) is 18.6 Å². The highest BCUT2D eigenvalue weighted by Crippen LogP contribution is 2.24. The van der Waals surface area contributed by atoms with Crippen molar-refractivity contribution in [2.24, 2.45) is 5.73 Å². The molecular weight excluding hydrogens is 263 g/mol. The van der Waals surface area contributed by atoms with Gasteiger partial charge in [0.15, 0.2) is 0 Å². The summed E-state index contributed by atoms with van der Waals surface area (Å²) in [6.07, 6.45) is 4.53. The lowest BCUT2D eigenvalue weighted by Crippen LogP contribution is -2.36. The Morgan fingerprint density at radius 2 is 2.29 bits per heavy atom. The van der Waals surface area contributed by atoms with Crippen LogP contribution >= 0.6 is 24.8 Å². The summed E-state index contributed by atoms with van der Waals surface area (Å²) in [6.45, 7) is 1.49. The predicted octanol–water partition coefficient (Wildman–Crippen LogP) is 0.873. The molecule has 1 fully saturated rings. The lowest BCUT2D eigenvalue weighted by atomic mass is 10.2. The van der Waals surface area contributed by atoms with Crippen molar-refractivity contribution in [3.63, 3.8) is 0 Å². The zero-order valence-electron chi connectivity index (χ0n) is 9.65. The predicted molar refractivity (Wildman–Crippen MR) is 72.1 cm³/mol. The van der Waals surface area contributed by atoms with Gasteiger partial charge in [0, 0.05) is 32.4 Å². The molecular formula is C10H18Cl2N4O. The zero-order valence-corrected chi connectivity index (χ0v) is 11.3. The third kappa shape index (κ3) is 3.67. The minimum absolute atomic E-state index is 0. The van der Waals surface area contributed by atoms with Crippen molar-refractivity contribution in [1.29, 1.82) is 0 Å². The van der Waals surface area contributed by atoms with Gasteiger partial charge in [-0.3, -0.25) is 0 Å². The molecule has 1 aromatic heterocycles. The van der Waals surface area contributed by atoms with Gasteiger partial charge in [-0.1, -0.05) is 0 Å². The van der Waals surface area contributed by atoms with E-state index in [4.69, 9.17) is 10.5 Å². The topological polar surface area (TPSA) is 64.3 Å². The molecule has 5 nitrogen and oxygen atoms in total. The number of hydrogen-bond donors (Lipinski definition) is 1. The number of aromatic nitrogens is 2. The number of halogens is 2. The Morgan fingerprint density at radius 3 is 2.82 bits per heavy atom. The Kier molecular flexibility index (Phi) is 7.38. The molecule has 0 saturated carbocycles. The van der Waals surface area contributed by atoms with E-state index in [1.165, 1.54) is 0 Å². The summed E-state index contributed by atoms with van der Waals surface area (Å²) >= 11 is 0. The van der Waals surface area contributed by atoms with Crippen LogP contribution in [0, 0.1) is 0 Å². The van der Waals surface area contributed by atoms with E-state index in [-0.39, 0.29) is 30.9 Å². The Hall–Kier alpha value is -0.620. The minimum atomic E-state index is 0. The van der Waals surface area contributed by atoms with Gasteiger partial charge in [0.05, 0.1) is 6.10 Å². The van der Waals surface area contributed by atoms with Crippen molar-refractivity contribution in [3.8, 4) is 0 Å². The molecule has 2 heterocycles. The van der Waals surface area contributed by atoms with Gasteiger partial charge in [-0.05, 0) is 12.5 Å². The van der Waals surface area contributed by atoms with Crippen molar-refractivity contribution in [1.82, 2.24) is 9.97 Å². The van der Waals surface area contributed by atoms with E-state index >= 15 is 0 Å². The van der Waals surface area contributed by atoms with Gasteiger partial charge in [0.1, 0.15) is 12.1 Å². The fraction of sp³-hybridized carbons (Fsp3) is 0.600. The summed E-state index contributed by atoms with van der Waals surface area (Å²) in [5.41, 5.74) is 5.74. The summed E-state index contributed by atoms with van der Waals surface area (Å²) in [7, 11) is 1.74. The smallest absolute Gasteiger partial charge is 0.132 e. The second-order valence-electron chi connectivity index (χ2n) is 3.70. The number of methoxy groups -OCH3 is 1. The van der Waals surface area contributed by atoms with Crippen molar-refractivity contribution in [3.05, 3.63) is 18.6 Å². The lowest BCUT2D eigenvalue weighted by Gasteiger charge is -2.23. The van der Waals surface area contributed by atoms with Crippen molar-refractivity contribution >= 4 is 30.6 Å². The SMILES string of the molecule is COC1CC(CN)N(c2ccncn2)C1.Cl.Cl. The maximum atomic E-state index is 5.74. The highest BCUT2D eigenvalue weighted by atomic mass is 35.5. The average Bonchev–Trinajstić information content (AvgIpc) is 2.73. The number of nitrogens with two attached hydrogens (primary N) is 1. The highest BCUT2D eigenvalue weighted by Gasteiger charge is 2.31. The molecule has 2 unspecified atom stereocenters. The van der Waals surface area contributed by atoms with Gasteiger partial charge in [0.25, 0.3) is 0 Å². The van der Waals surface area contributed by atoms with Crippen LogP contribution in [0.2, 0.25) is 0 Å². The molecule has 0 bridgehead atoms. The quantitative estimate of drug-likeness (QED) is 0.890. The van der Waals surface area contributed by atoms with E-state index in [9.17, 15) is 0 Å². The molecule has 17 heavy (non-hydrogen) atoms. The van der Waals surface area contributed by atoms with Crippen LogP contribution in [-0.2, 0) is 4.74 Å². The molecule has 1 aromatic rings. The van der Waals surface area contributed by atoms with Crippen LogP contribution in [0.5, 0.6) is 0 Å². The summed E-state index contributed by atoms with van der Waals surface area (Å²) in [5.74, 6) is 0.931. The monoisotopic (exact) mass is 280 g/mol. The van der Waals surface area contributed by atoms with E-state index in [0.29, 0.717) is 12.6 Å². The molecule has 1 aliphatic heterocycles. The molecule has 7 heteroatoms. The molecule has 2 atom stereocenters. The fourth-order valence-electron chi connectivity index (χ4n) is 2.00. The number of hydrogen-bond acceptors (Lipinski definition) is 5. The second-order valence-corrected chi connectivity index (χ2v) is 3.70. The van der Waals surface area contributed by atoms with Crippen LogP contribution in [0.1, 0.15) is 6.42 Å². The first-order valence-corrected chi connectivity index (χ1v) is 5.10. The van der Waals surface area contributed by atoms with Gasteiger partial charge >= 0.3 is 0 Å². The third-order valence-corrected chi connectivity index (χ3v) is 2.84. The van der Waals surface area contributed by atoms with Crippen molar-refractivity contribution < 1.29 is 4.74 Å². The van der Waals surface area contributed by atoms with Crippen LogP contribution in [0.4, 0.5) is 5.82 Å². The van der Waals surface area contributed by atoms with E-state index in [1.54, 1.807) is 19.6 Å². The second kappa shape index (κ2) is 7.66. The molecule has 0 radical (unpaired) electrons. The average molecular weight is 281 g/mol. The molecule has 1 aliphatic rings. The molecule has 1 saturated heterocycles. The van der Waals surface area contributed by atoms with Gasteiger partial charge in [-0.2, -0.15) is 0 Å². The zero-order chi connectivity index (χ0) is 10.7. The molecule has 2 N–H and O–H groups in total. The van der Waals surface area contributed by atoms with Gasteiger partial charge in [0.2, 0.25) is 0 Å². The first-order chi connectivity index (χ1) is 7.35. The van der Waals surface area contributed by atoms with E-state index in [0.717, 1.165) is 18.8 Å². The Bertz CT molecular complexity index is 314. The number of ether oxygens (including phenoxy) is 1. The van der Waals surface area contributed by atoms with Crippen LogP contribution in [0.25, 0.3) is 0 Å². The maximum Gasteiger partial charge on any atom is 0.132 e. The first-order valence-electron chi connectivity index (χ1n) is 5.10. The Morgan fingerprint density at radius 1 is 1.53 bits per heavy atom. The normalized spacial score (nSPS) is 22.8. The van der Waals surface area contributed by atoms with Crippen LogP contribution in [0.3, 0.4) is 0 Å². The summed E-state index contributed by atoms with van der Waals surface area (Å²) in [4.78, 5) is 10.3. The van der Waals surface area contributed by atoms with Crippen molar-refractivity contribution in [2.75, 3.05) is 25.1 Å². The molecule has 0 aromatic carbocycles. The van der Waals surface area contributed by atoms with Crippen molar-refractivity contribution in [2.45, 2.75) is 18.6 Å². The maximum absolute atomic E-state index is 5.74. The summed E-state index contributed by atoms with van der Waals surface area (Å²) in [6, 6.07) is 2.23. The highest BCUT2D eigenvalue weighted by molar-refractivity contribution is 5.85. The summed E-state index contributed by atoms with van der Waals surface area (Å²) in [5, 5.41) is 0. The van der Waals surface area contributed by atoms with E-state index in [2.05, 4.69) is 14.9 Å². The molecule has 2 rings (SSSR count). The summed E-state index contributed by atoms with van der Waals surface area (Å²) < 4.78 is 5.35. The standard InChI is InChI=1S/C10H16N4O.2ClH/c1-15-9-4-8(5-11)14(6-9)10-2-3-12-7-13-10;;/h2-3,7-9H,4-6,11H2,1H3;2*1H. The van der Waals surface area contributed by atoms with Gasteiger partial charge < -0.3 is 15.4 Å². The number of rotatable bonds is 3. The van der Waals surface area contributed by atoms with E-state index < -0.39 is 0 Å². The molecule has 0 spiro atoms. The van der Waals surface area contributed by atoms with Gasteiger partial charge in [-0.25, -0.2) is 9.97 Å². The Balaban J connectivity index is 0.00000128. The number of anilines is 1. The molecule has 0 aliphatic carbocycles.